The van der Waals surface area contributed by atoms with Gasteiger partial charge in [-0.1, -0.05) is 24.3 Å². The van der Waals surface area contributed by atoms with E-state index in [1.165, 1.54) is 28.3 Å². The van der Waals surface area contributed by atoms with Crippen LogP contribution in [0.5, 0.6) is 0 Å². The Morgan fingerprint density at radius 3 is 2.66 bits per heavy atom. The lowest BCUT2D eigenvalue weighted by Gasteiger charge is -2.32. The van der Waals surface area contributed by atoms with E-state index in [4.69, 9.17) is 4.74 Å². The summed E-state index contributed by atoms with van der Waals surface area (Å²) in [5.41, 5.74) is 2.28. The minimum Gasteiger partial charge on any atom is -0.379 e. The largest absolute Gasteiger partial charge is 0.379 e. The zero-order valence-electron chi connectivity index (χ0n) is 17.3. The summed E-state index contributed by atoms with van der Waals surface area (Å²) < 4.78 is 32.7. The van der Waals surface area contributed by atoms with Gasteiger partial charge in [-0.3, -0.25) is 9.69 Å². The summed E-state index contributed by atoms with van der Waals surface area (Å²) in [6.07, 6.45) is 1.41. The highest BCUT2D eigenvalue weighted by atomic mass is 32.2. The first-order valence-electron chi connectivity index (χ1n) is 10.2. The molecule has 1 amide bonds. The van der Waals surface area contributed by atoms with Gasteiger partial charge < -0.3 is 10.1 Å². The second-order valence-corrected chi connectivity index (χ2v) is 10.1. The van der Waals surface area contributed by atoms with Crippen LogP contribution in [0, 0.1) is 5.92 Å². The Morgan fingerprint density at radius 2 is 1.93 bits per heavy atom. The van der Waals surface area contributed by atoms with Crippen LogP contribution in [0.4, 0.5) is 0 Å². The van der Waals surface area contributed by atoms with Crippen molar-refractivity contribution in [3.63, 3.8) is 0 Å². The number of hydrogen-bond donors (Lipinski definition) is 1. The number of benzene rings is 1. The van der Waals surface area contributed by atoms with Gasteiger partial charge in [-0.2, -0.15) is 17.0 Å². The standard InChI is InChI=1S/C20H32N4O4S/c1-22(2)29(26,27)24-8-4-7-19(16-24)20(25)21-14-17-5-3-6-18(13-17)15-23-9-11-28-12-10-23/h3,5-6,13,19H,4,7-12,14-16H2,1-2H3,(H,21,25)/t19-/m0/s1. The molecule has 0 aliphatic carbocycles. The first-order valence-corrected chi connectivity index (χ1v) is 11.6. The first kappa shape index (κ1) is 22.2. The van der Waals surface area contributed by atoms with Crippen LogP contribution in [0.2, 0.25) is 0 Å². The summed E-state index contributed by atoms with van der Waals surface area (Å²) in [4.78, 5) is 15.0. The molecule has 1 aromatic rings. The number of nitrogens with one attached hydrogen (secondary N) is 1. The van der Waals surface area contributed by atoms with Crippen LogP contribution < -0.4 is 5.32 Å². The molecule has 29 heavy (non-hydrogen) atoms. The molecule has 3 rings (SSSR count). The van der Waals surface area contributed by atoms with Crippen molar-refractivity contribution in [1.82, 2.24) is 18.8 Å². The lowest BCUT2D eigenvalue weighted by atomic mass is 9.98. The van der Waals surface area contributed by atoms with Crippen molar-refractivity contribution in [3.05, 3.63) is 35.4 Å². The smallest absolute Gasteiger partial charge is 0.281 e. The van der Waals surface area contributed by atoms with E-state index in [1.807, 2.05) is 12.1 Å². The summed E-state index contributed by atoms with van der Waals surface area (Å²) in [6.45, 7) is 5.47. The van der Waals surface area contributed by atoms with E-state index in [0.29, 0.717) is 25.9 Å². The lowest BCUT2D eigenvalue weighted by Crippen LogP contribution is -2.48. The SMILES string of the molecule is CN(C)S(=O)(=O)N1CCC[C@H](C(=O)NCc2cccc(CN3CCOCC3)c2)C1. The lowest BCUT2D eigenvalue weighted by molar-refractivity contribution is -0.126. The summed E-state index contributed by atoms with van der Waals surface area (Å²) in [7, 11) is -0.447. The van der Waals surface area contributed by atoms with E-state index < -0.39 is 10.2 Å². The van der Waals surface area contributed by atoms with Crippen molar-refractivity contribution in [2.24, 2.45) is 5.92 Å². The number of amides is 1. The van der Waals surface area contributed by atoms with Gasteiger partial charge in [-0.15, -0.1) is 0 Å². The monoisotopic (exact) mass is 424 g/mol. The van der Waals surface area contributed by atoms with E-state index in [-0.39, 0.29) is 18.4 Å². The number of hydrogen-bond acceptors (Lipinski definition) is 5. The van der Waals surface area contributed by atoms with Crippen molar-refractivity contribution in [3.8, 4) is 0 Å². The Hall–Kier alpha value is -1.52. The number of piperidine rings is 1. The zero-order valence-corrected chi connectivity index (χ0v) is 18.2. The van der Waals surface area contributed by atoms with E-state index in [2.05, 4.69) is 22.3 Å². The van der Waals surface area contributed by atoms with Crippen LogP contribution in [0.25, 0.3) is 0 Å². The Kier molecular flexibility index (Phi) is 7.64. The van der Waals surface area contributed by atoms with Crippen molar-refractivity contribution in [1.29, 1.82) is 0 Å². The van der Waals surface area contributed by atoms with Gasteiger partial charge in [0.2, 0.25) is 5.91 Å². The molecule has 8 nitrogen and oxygen atoms in total. The summed E-state index contributed by atoms with van der Waals surface area (Å²) in [5, 5.41) is 2.99. The molecule has 9 heteroatoms. The van der Waals surface area contributed by atoms with Gasteiger partial charge >= 0.3 is 0 Å². The average Bonchev–Trinajstić information content (AvgIpc) is 2.73. The summed E-state index contributed by atoms with van der Waals surface area (Å²) in [5.74, 6) is -0.391. The minimum atomic E-state index is -3.48. The Labute approximate surface area is 174 Å². The number of carbonyl (C=O) groups excluding carboxylic acids is 1. The number of rotatable bonds is 7. The molecule has 1 aromatic carbocycles. The molecule has 0 saturated carbocycles. The molecule has 2 aliphatic rings. The fourth-order valence-electron chi connectivity index (χ4n) is 3.79. The molecule has 0 unspecified atom stereocenters. The third-order valence-electron chi connectivity index (χ3n) is 5.51. The zero-order chi connectivity index (χ0) is 20.9. The van der Waals surface area contributed by atoms with Crippen LogP contribution in [-0.4, -0.2) is 81.3 Å². The van der Waals surface area contributed by atoms with Gasteiger partial charge in [-0.25, -0.2) is 0 Å². The van der Waals surface area contributed by atoms with E-state index in [1.54, 1.807) is 0 Å². The Morgan fingerprint density at radius 1 is 1.21 bits per heavy atom. The molecule has 1 N–H and O–H groups in total. The van der Waals surface area contributed by atoms with Gasteiger partial charge in [0.15, 0.2) is 0 Å². The Balaban J connectivity index is 1.53. The van der Waals surface area contributed by atoms with Crippen molar-refractivity contribution >= 4 is 16.1 Å². The molecule has 162 valence electrons. The molecule has 0 aromatic heterocycles. The molecule has 0 bridgehead atoms. The van der Waals surface area contributed by atoms with Crippen molar-refractivity contribution < 1.29 is 17.9 Å². The Bertz CT molecular complexity index is 793. The van der Waals surface area contributed by atoms with Gasteiger partial charge in [-0.05, 0) is 24.0 Å². The van der Waals surface area contributed by atoms with Gasteiger partial charge in [0.1, 0.15) is 0 Å². The maximum Gasteiger partial charge on any atom is 0.281 e. The van der Waals surface area contributed by atoms with E-state index >= 15 is 0 Å². The average molecular weight is 425 g/mol. The van der Waals surface area contributed by atoms with Crippen molar-refractivity contribution in [2.75, 3.05) is 53.5 Å². The molecule has 2 aliphatic heterocycles. The van der Waals surface area contributed by atoms with Gasteiger partial charge in [0.25, 0.3) is 10.2 Å². The third-order valence-corrected chi connectivity index (χ3v) is 7.42. The third kappa shape index (κ3) is 5.99. The summed E-state index contributed by atoms with van der Waals surface area (Å²) >= 11 is 0. The maximum absolute atomic E-state index is 12.6. The molecule has 0 radical (unpaired) electrons. The second-order valence-electron chi connectivity index (χ2n) is 7.91. The quantitative estimate of drug-likeness (QED) is 0.695. The summed E-state index contributed by atoms with van der Waals surface area (Å²) in [6, 6.07) is 8.25. The van der Waals surface area contributed by atoms with Crippen LogP contribution >= 0.6 is 0 Å². The van der Waals surface area contributed by atoms with Crippen LogP contribution in [-0.2, 0) is 32.8 Å². The fourth-order valence-corrected chi connectivity index (χ4v) is 4.98. The number of carbonyl (C=O) groups is 1. The molecule has 1 atom stereocenters. The first-order chi connectivity index (χ1) is 13.9. The number of ether oxygens (including phenoxy) is 1. The normalized spacial score (nSPS) is 22.0. The van der Waals surface area contributed by atoms with Crippen LogP contribution in [0.1, 0.15) is 24.0 Å². The minimum absolute atomic E-state index is 0.0813. The second kappa shape index (κ2) is 9.99. The van der Waals surface area contributed by atoms with Gasteiger partial charge in [0, 0.05) is 53.4 Å². The molecular formula is C20H32N4O4S. The highest BCUT2D eigenvalue weighted by Crippen LogP contribution is 2.20. The van der Waals surface area contributed by atoms with Crippen molar-refractivity contribution in [2.45, 2.75) is 25.9 Å². The topological polar surface area (TPSA) is 82.2 Å². The maximum atomic E-state index is 12.6. The number of nitrogens with zero attached hydrogens (tertiary/aromatic N) is 3. The molecule has 2 fully saturated rings. The highest BCUT2D eigenvalue weighted by Gasteiger charge is 2.33. The van der Waals surface area contributed by atoms with E-state index in [0.717, 1.165) is 38.4 Å². The predicted octanol–water partition coefficient (Wildman–Crippen LogP) is 0.653. The van der Waals surface area contributed by atoms with Crippen LogP contribution in [0.15, 0.2) is 24.3 Å². The predicted molar refractivity (Wildman–Crippen MR) is 111 cm³/mol. The molecular weight excluding hydrogens is 392 g/mol. The van der Waals surface area contributed by atoms with E-state index in [9.17, 15) is 13.2 Å². The van der Waals surface area contributed by atoms with Crippen LogP contribution in [0.3, 0.4) is 0 Å². The molecule has 0 spiro atoms. The fraction of sp³-hybridized carbons (Fsp3) is 0.650. The molecule has 2 heterocycles. The molecule has 2 saturated heterocycles. The highest BCUT2D eigenvalue weighted by molar-refractivity contribution is 7.86. The van der Waals surface area contributed by atoms with Gasteiger partial charge in [0.05, 0.1) is 19.1 Å². The number of morpholine rings is 1.